The number of methoxy groups -OCH3 is 4. The Morgan fingerprint density at radius 1 is 0.897 bits per heavy atom. The lowest BCUT2D eigenvalue weighted by atomic mass is 9.92. The average molecular weight is 401 g/mol. The van der Waals surface area contributed by atoms with Crippen molar-refractivity contribution >= 4 is 29.5 Å². The van der Waals surface area contributed by atoms with E-state index in [0.29, 0.717) is 0 Å². The van der Waals surface area contributed by atoms with Crippen LogP contribution in [0.1, 0.15) is 12.1 Å². The van der Waals surface area contributed by atoms with Crippen molar-refractivity contribution < 1.29 is 38.1 Å². The molecule has 0 saturated carbocycles. The lowest BCUT2D eigenvalue weighted by Gasteiger charge is -2.15. The zero-order chi connectivity index (χ0) is 22.0. The lowest BCUT2D eigenvalue weighted by Crippen LogP contribution is -2.23. The Morgan fingerprint density at radius 3 is 1.93 bits per heavy atom. The molecule has 0 bridgehead atoms. The van der Waals surface area contributed by atoms with Crippen LogP contribution < -0.4 is 0 Å². The molecule has 152 valence electrons. The summed E-state index contributed by atoms with van der Waals surface area (Å²) in [5, 5.41) is 0. The maximum Gasteiger partial charge on any atom is 0.340 e. The smallest absolute Gasteiger partial charge is 0.340 e. The van der Waals surface area contributed by atoms with Crippen molar-refractivity contribution in [3.63, 3.8) is 0 Å². The van der Waals surface area contributed by atoms with Gasteiger partial charge in [0.15, 0.2) is 0 Å². The Bertz CT molecular complexity index is 906. The molecule has 0 atom stereocenters. The number of pyridine rings is 1. The largest absolute Gasteiger partial charge is 0.469 e. The summed E-state index contributed by atoms with van der Waals surface area (Å²) >= 11 is 0. The van der Waals surface area contributed by atoms with Crippen molar-refractivity contribution in [2.45, 2.75) is 6.42 Å². The normalized spacial score (nSPS) is 11.8. The summed E-state index contributed by atoms with van der Waals surface area (Å²) in [7, 11) is 4.21. The minimum absolute atomic E-state index is 0.149. The molecule has 0 aliphatic heterocycles. The van der Waals surface area contributed by atoms with Crippen molar-refractivity contribution in [2.75, 3.05) is 28.4 Å². The number of rotatable bonds is 7. The minimum atomic E-state index is -1.11. The zero-order valence-corrected chi connectivity index (χ0v) is 16.3. The predicted octanol–water partition coefficient (Wildman–Crippen LogP) is 0.847. The molecule has 0 radical (unpaired) electrons. The second-order valence-electron chi connectivity index (χ2n) is 5.19. The fourth-order valence-corrected chi connectivity index (χ4v) is 2.30. The van der Waals surface area contributed by atoms with Crippen LogP contribution in [0.15, 0.2) is 41.1 Å². The van der Waals surface area contributed by atoms with E-state index in [0.717, 1.165) is 28.4 Å². The van der Waals surface area contributed by atoms with Crippen LogP contribution in [0.5, 0.6) is 0 Å². The highest BCUT2D eigenvalue weighted by molar-refractivity contribution is 6.17. The van der Waals surface area contributed by atoms with Gasteiger partial charge < -0.3 is 18.9 Å². The van der Waals surface area contributed by atoms with Crippen LogP contribution in [-0.2, 0) is 38.1 Å². The SMILES string of the molecule is C#CC(=C(C(=O)OC)C(C(=O)OC)=C(CC(=O)OC)C(=O)OC)c1ccccn1. The van der Waals surface area contributed by atoms with Crippen LogP contribution in [0.2, 0.25) is 0 Å². The topological polar surface area (TPSA) is 118 Å². The van der Waals surface area contributed by atoms with Crippen molar-refractivity contribution in [3.05, 3.63) is 46.8 Å². The number of esters is 4. The summed E-state index contributed by atoms with van der Waals surface area (Å²) in [6.07, 6.45) is 6.30. The molecule has 0 N–H and O–H groups in total. The zero-order valence-electron chi connectivity index (χ0n) is 16.3. The van der Waals surface area contributed by atoms with Gasteiger partial charge in [0.25, 0.3) is 0 Å². The second kappa shape index (κ2) is 11.0. The fourth-order valence-electron chi connectivity index (χ4n) is 2.30. The molecule has 9 nitrogen and oxygen atoms in total. The van der Waals surface area contributed by atoms with Gasteiger partial charge in [0.2, 0.25) is 0 Å². The van der Waals surface area contributed by atoms with Crippen LogP contribution in [-0.4, -0.2) is 57.3 Å². The summed E-state index contributed by atoms with van der Waals surface area (Å²) < 4.78 is 18.7. The third-order valence-corrected chi connectivity index (χ3v) is 3.63. The summed E-state index contributed by atoms with van der Waals surface area (Å²) in [5.41, 5.74) is -1.56. The van der Waals surface area contributed by atoms with Crippen LogP contribution in [0.4, 0.5) is 0 Å². The number of carbonyl (C=O) groups excluding carboxylic acids is 4. The van der Waals surface area contributed by atoms with Crippen molar-refractivity contribution in [3.8, 4) is 12.3 Å². The van der Waals surface area contributed by atoms with E-state index in [9.17, 15) is 19.2 Å². The summed E-state index contributed by atoms with van der Waals surface area (Å²) in [6, 6.07) is 4.71. The number of carbonyl (C=O) groups is 4. The van der Waals surface area contributed by atoms with E-state index in [1.54, 1.807) is 12.1 Å². The molecular formula is C20H19NO8. The van der Waals surface area contributed by atoms with Gasteiger partial charge in [-0.25, -0.2) is 14.4 Å². The quantitative estimate of drug-likeness (QED) is 0.215. The van der Waals surface area contributed by atoms with Crippen LogP contribution in [0.3, 0.4) is 0 Å². The molecule has 0 spiro atoms. The predicted molar refractivity (Wildman–Crippen MR) is 99.7 cm³/mol. The molecule has 0 saturated heterocycles. The third-order valence-electron chi connectivity index (χ3n) is 3.63. The van der Waals surface area contributed by atoms with Crippen LogP contribution in [0, 0.1) is 12.3 Å². The Kier molecular flexibility index (Phi) is 8.79. The lowest BCUT2D eigenvalue weighted by molar-refractivity contribution is -0.144. The molecule has 0 fully saturated rings. The molecule has 0 unspecified atom stereocenters. The van der Waals surface area contributed by atoms with Crippen LogP contribution >= 0.6 is 0 Å². The number of hydrogen-bond donors (Lipinski definition) is 0. The number of terminal acetylenes is 1. The summed E-state index contributed by atoms with van der Waals surface area (Å²) in [5.74, 6) is -1.81. The van der Waals surface area contributed by atoms with Gasteiger partial charge in [-0.1, -0.05) is 12.0 Å². The molecular weight excluding hydrogens is 382 g/mol. The molecule has 1 rings (SSSR count). The number of aromatic nitrogens is 1. The highest BCUT2D eigenvalue weighted by Gasteiger charge is 2.34. The molecule has 1 heterocycles. The molecule has 9 heteroatoms. The van der Waals surface area contributed by atoms with Gasteiger partial charge in [-0.3, -0.25) is 9.78 Å². The van der Waals surface area contributed by atoms with E-state index in [4.69, 9.17) is 15.9 Å². The fraction of sp³-hybridized carbons (Fsp3) is 0.250. The average Bonchev–Trinajstić information content (AvgIpc) is 2.76. The van der Waals surface area contributed by atoms with Gasteiger partial charge in [0.1, 0.15) is 0 Å². The Hall–Kier alpha value is -3.93. The van der Waals surface area contributed by atoms with Gasteiger partial charge >= 0.3 is 23.9 Å². The molecule has 0 amide bonds. The summed E-state index contributed by atoms with van der Waals surface area (Å²) in [4.78, 5) is 53.4. The second-order valence-corrected chi connectivity index (χ2v) is 5.19. The maximum atomic E-state index is 12.6. The van der Waals surface area contributed by atoms with E-state index in [-0.39, 0.29) is 11.3 Å². The molecule has 0 aliphatic carbocycles. The monoisotopic (exact) mass is 401 g/mol. The van der Waals surface area contributed by atoms with Gasteiger partial charge in [0, 0.05) is 6.20 Å². The maximum absolute atomic E-state index is 12.6. The Labute approximate surface area is 167 Å². The van der Waals surface area contributed by atoms with Gasteiger partial charge in [-0.05, 0) is 12.1 Å². The van der Waals surface area contributed by atoms with E-state index >= 15 is 0 Å². The first-order chi connectivity index (χ1) is 13.9. The first-order valence-corrected chi connectivity index (χ1v) is 8.03. The first-order valence-electron chi connectivity index (χ1n) is 8.03. The molecule has 1 aromatic rings. The summed E-state index contributed by atoms with van der Waals surface area (Å²) in [6.45, 7) is 0. The molecule has 1 aromatic heterocycles. The third kappa shape index (κ3) is 5.52. The van der Waals surface area contributed by atoms with Gasteiger partial charge in [-0.15, -0.1) is 6.42 Å². The Morgan fingerprint density at radius 2 is 1.48 bits per heavy atom. The molecule has 0 aliphatic rings. The van der Waals surface area contributed by atoms with E-state index in [2.05, 4.69) is 20.4 Å². The standard InChI is InChI=1S/C20H19NO8/c1-6-12(14-9-7-8-10-21-14)16(19(24)28-4)17(20(25)29-5)13(18(23)27-3)11-15(22)26-2/h1,7-10H,11H2,2-5H3. The molecule has 0 aromatic carbocycles. The number of hydrogen-bond acceptors (Lipinski definition) is 9. The van der Waals surface area contributed by atoms with Crippen molar-refractivity contribution in [1.82, 2.24) is 4.98 Å². The highest BCUT2D eigenvalue weighted by Crippen LogP contribution is 2.28. The number of ether oxygens (including phenoxy) is 4. The van der Waals surface area contributed by atoms with Gasteiger partial charge in [-0.2, -0.15) is 0 Å². The van der Waals surface area contributed by atoms with E-state index < -0.39 is 47.0 Å². The van der Waals surface area contributed by atoms with Gasteiger partial charge in [0.05, 0.1) is 62.8 Å². The highest BCUT2D eigenvalue weighted by atomic mass is 16.5. The minimum Gasteiger partial charge on any atom is -0.469 e. The van der Waals surface area contributed by atoms with E-state index in [1.807, 2.05) is 0 Å². The van der Waals surface area contributed by atoms with Crippen LogP contribution in [0.25, 0.3) is 5.57 Å². The van der Waals surface area contributed by atoms with Crippen molar-refractivity contribution in [1.29, 1.82) is 0 Å². The Balaban J connectivity index is 4.08. The number of nitrogens with zero attached hydrogens (tertiary/aromatic N) is 1. The van der Waals surface area contributed by atoms with Crippen molar-refractivity contribution in [2.24, 2.45) is 0 Å². The molecule has 29 heavy (non-hydrogen) atoms. The number of allylic oxidation sites excluding steroid dienone is 1. The van der Waals surface area contributed by atoms with E-state index in [1.165, 1.54) is 12.3 Å². The first kappa shape index (κ1) is 23.1.